The summed E-state index contributed by atoms with van der Waals surface area (Å²) in [6.45, 7) is 3.67. The zero-order valence-corrected chi connectivity index (χ0v) is 15.1. The first-order valence-corrected chi connectivity index (χ1v) is 8.41. The van der Waals surface area contributed by atoms with Gasteiger partial charge in [0, 0.05) is 21.1 Å². The minimum absolute atomic E-state index is 0.167. The monoisotopic (exact) mass is 375 g/mol. The summed E-state index contributed by atoms with van der Waals surface area (Å²) in [5.74, 6) is -0.441. The van der Waals surface area contributed by atoms with Crippen molar-refractivity contribution in [2.45, 2.75) is 19.9 Å². The molecule has 0 saturated carbocycles. The fourth-order valence-corrected chi connectivity index (χ4v) is 3.07. The molecule has 0 spiro atoms. The van der Waals surface area contributed by atoms with Crippen LogP contribution in [0, 0.1) is 0 Å². The number of carbonyl (C=O) groups excluding carboxylic acids is 1. The van der Waals surface area contributed by atoms with Crippen LogP contribution in [-0.4, -0.2) is 15.7 Å². The summed E-state index contributed by atoms with van der Waals surface area (Å²) in [6.07, 6.45) is 0. The average molecular weight is 376 g/mol. The smallest absolute Gasteiger partial charge is 0.276 e. The van der Waals surface area contributed by atoms with Gasteiger partial charge in [-0.15, -0.1) is 0 Å². The van der Waals surface area contributed by atoms with Gasteiger partial charge in [-0.25, -0.2) is 4.68 Å². The molecule has 0 atom stereocenters. The van der Waals surface area contributed by atoms with E-state index in [-0.39, 0.29) is 17.3 Å². The van der Waals surface area contributed by atoms with E-state index in [0.717, 1.165) is 0 Å². The van der Waals surface area contributed by atoms with E-state index in [1.165, 1.54) is 4.68 Å². The van der Waals surface area contributed by atoms with Gasteiger partial charge in [0.05, 0.1) is 11.4 Å². The summed E-state index contributed by atoms with van der Waals surface area (Å²) in [5.41, 5.74) is 0.392. The number of halogens is 2. The van der Waals surface area contributed by atoms with Crippen LogP contribution in [0.3, 0.4) is 0 Å². The van der Waals surface area contributed by atoms with Crippen molar-refractivity contribution >= 4 is 45.6 Å². The Morgan fingerprint density at radius 1 is 1.08 bits per heavy atom. The fraction of sp³-hybridized carbons (Fsp3) is 0.167. The molecule has 1 amide bonds. The SMILES string of the molecule is CC(C)n1nc(C(=O)Nc2cc(Cl)cc(Cl)c2)c2ccccc2c1=O. The van der Waals surface area contributed by atoms with Crippen LogP contribution in [0.15, 0.2) is 47.3 Å². The number of rotatable bonds is 3. The number of nitrogens with zero attached hydrogens (tertiary/aromatic N) is 2. The third-order valence-electron chi connectivity index (χ3n) is 3.65. The molecule has 1 N–H and O–H groups in total. The largest absolute Gasteiger partial charge is 0.320 e. The maximum absolute atomic E-state index is 12.8. The van der Waals surface area contributed by atoms with Crippen LogP contribution in [0.1, 0.15) is 30.4 Å². The first-order valence-electron chi connectivity index (χ1n) is 7.66. The lowest BCUT2D eigenvalue weighted by Gasteiger charge is -2.13. The standard InChI is InChI=1S/C18H15Cl2N3O2/c1-10(2)23-18(25)15-6-4-3-5-14(15)16(22-23)17(24)21-13-8-11(19)7-12(20)9-13/h3-10H,1-2H3,(H,21,24). The molecule has 0 radical (unpaired) electrons. The summed E-state index contributed by atoms with van der Waals surface area (Å²) >= 11 is 11.9. The third-order valence-corrected chi connectivity index (χ3v) is 4.09. The molecule has 25 heavy (non-hydrogen) atoms. The molecule has 5 nitrogen and oxygen atoms in total. The molecule has 0 aliphatic carbocycles. The quantitative estimate of drug-likeness (QED) is 0.730. The van der Waals surface area contributed by atoms with E-state index in [2.05, 4.69) is 10.4 Å². The van der Waals surface area contributed by atoms with Crippen molar-refractivity contribution in [1.29, 1.82) is 0 Å². The molecule has 1 heterocycles. The van der Waals surface area contributed by atoms with Crippen molar-refractivity contribution in [2.75, 3.05) is 5.32 Å². The second kappa shape index (κ2) is 6.86. The predicted octanol–water partition coefficient (Wildman–Crippen LogP) is 4.54. The molecule has 1 aromatic heterocycles. The Labute approximate surface area is 154 Å². The molecule has 3 rings (SSSR count). The molecule has 0 fully saturated rings. The number of aromatic nitrogens is 2. The lowest BCUT2D eigenvalue weighted by Crippen LogP contribution is -2.28. The Hall–Kier alpha value is -2.37. The van der Waals surface area contributed by atoms with Crippen molar-refractivity contribution in [2.24, 2.45) is 0 Å². The Morgan fingerprint density at radius 3 is 2.28 bits per heavy atom. The molecule has 0 aliphatic heterocycles. The highest BCUT2D eigenvalue weighted by atomic mass is 35.5. The maximum Gasteiger partial charge on any atom is 0.276 e. The molecule has 0 aliphatic rings. The Bertz CT molecular complexity index is 1010. The highest BCUT2D eigenvalue weighted by Crippen LogP contribution is 2.23. The minimum Gasteiger partial charge on any atom is -0.320 e. The molecule has 0 unspecified atom stereocenters. The van der Waals surface area contributed by atoms with Crippen molar-refractivity contribution in [3.63, 3.8) is 0 Å². The van der Waals surface area contributed by atoms with Gasteiger partial charge in [-0.1, -0.05) is 41.4 Å². The van der Waals surface area contributed by atoms with Crippen LogP contribution in [0.25, 0.3) is 10.8 Å². The minimum atomic E-state index is -0.441. The topological polar surface area (TPSA) is 64.0 Å². The van der Waals surface area contributed by atoms with Gasteiger partial charge in [0.1, 0.15) is 0 Å². The molecular weight excluding hydrogens is 361 g/mol. The van der Waals surface area contributed by atoms with Crippen molar-refractivity contribution < 1.29 is 4.79 Å². The van der Waals surface area contributed by atoms with Gasteiger partial charge in [0.25, 0.3) is 11.5 Å². The van der Waals surface area contributed by atoms with Gasteiger partial charge in [0.15, 0.2) is 5.69 Å². The zero-order chi connectivity index (χ0) is 18.1. The summed E-state index contributed by atoms with van der Waals surface area (Å²) < 4.78 is 1.31. The molecular formula is C18H15Cl2N3O2. The molecule has 128 valence electrons. The average Bonchev–Trinajstić information content (AvgIpc) is 2.54. The van der Waals surface area contributed by atoms with Gasteiger partial charge in [0.2, 0.25) is 0 Å². The van der Waals surface area contributed by atoms with Crippen LogP contribution >= 0.6 is 23.2 Å². The van der Waals surface area contributed by atoms with Crippen LogP contribution in [0.5, 0.6) is 0 Å². The van der Waals surface area contributed by atoms with E-state index >= 15 is 0 Å². The first kappa shape index (κ1) is 17.5. The van der Waals surface area contributed by atoms with E-state index in [0.29, 0.717) is 26.5 Å². The highest BCUT2D eigenvalue weighted by molar-refractivity contribution is 6.35. The maximum atomic E-state index is 12.8. The van der Waals surface area contributed by atoms with Crippen molar-refractivity contribution in [3.05, 3.63) is 68.6 Å². The third kappa shape index (κ3) is 3.52. The number of hydrogen-bond acceptors (Lipinski definition) is 3. The van der Waals surface area contributed by atoms with Crippen LogP contribution < -0.4 is 10.9 Å². The van der Waals surface area contributed by atoms with Crippen LogP contribution in [0.4, 0.5) is 5.69 Å². The van der Waals surface area contributed by atoms with Crippen molar-refractivity contribution in [3.8, 4) is 0 Å². The molecule has 3 aromatic rings. The Morgan fingerprint density at radius 2 is 1.68 bits per heavy atom. The van der Waals surface area contributed by atoms with E-state index < -0.39 is 5.91 Å². The van der Waals surface area contributed by atoms with E-state index in [9.17, 15) is 9.59 Å². The number of anilines is 1. The molecule has 0 bridgehead atoms. The van der Waals surface area contributed by atoms with Gasteiger partial charge >= 0.3 is 0 Å². The fourth-order valence-electron chi connectivity index (χ4n) is 2.54. The summed E-state index contributed by atoms with van der Waals surface area (Å²) in [6, 6.07) is 11.5. The van der Waals surface area contributed by atoms with E-state index in [4.69, 9.17) is 23.2 Å². The normalized spacial score (nSPS) is 11.1. The van der Waals surface area contributed by atoms with Gasteiger partial charge in [-0.05, 0) is 38.1 Å². The summed E-state index contributed by atoms with van der Waals surface area (Å²) in [7, 11) is 0. The number of fused-ring (bicyclic) bond motifs is 1. The number of nitrogens with one attached hydrogen (secondary N) is 1. The number of benzene rings is 2. The van der Waals surface area contributed by atoms with E-state index in [1.54, 1.807) is 42.5 Å². The first-order chi connectivity index (χ1) is 11.9. The van der Waals surface area contributed by atoms with E-state index in [1.807, 2.05) is 13.8 Å². The lowest BCUT2D eigenvalue weighted by molar-refractivity contribution is 0.102. The number of carbonyl (C=O) groups is 1. The summed E-state index contributed by atoms with van der Waals surface area (Å²) in [4.78, 5) is 25.3. The Kier molecular flexibility index (Phi) is 4.79. The van der Waals surface area contributed by atoms with Crippen molar-refractivity contribution in [1.82, 2.24) is 9.78 Å². The molecule has 2 aromatic carbocycles. The van der Waals surface area contributed by atoms with Gasteiger partial charge in [-0.2, -0.15) is 5.10 Å². The highest BCUT2D eigenvalue weighted by Gasteiger charge is 2.18. The lowest BCUT2D eigenvalue weighted by atomic mass is 10.1. The zero-order valence-electron chi connectivity index (χ0n) is 13.6. The number of hydrogen-bond donors (Lipinski definition) is 1. The van der Waals surface area contributed by atoms with Crippen LogP contribution in [-0.2, 0) is 0 Å². The molecule has 0 saturated heterocycles. The Balaban J connectivity index is 2.12. The predicted molar refractivity (Wildman–Crippen MR) is 101 cm³/mol. The number of amides is 1. The van der Waals surface area contributed by atoms with Gasteiger partial charge < -0.3 is 5.32 Å². The summed E-state index contributed by atoms with van der Waals surface area (Å²) in [5, 5.41) is 8.76. The molecule has 7 heteroatoms. The van der Waals surface area contributed by atoms with Crippen LogP contribution in [0.2, 0.25) is 10.0 Å². The second-order valence-electron chi connectivity index (χ2n) is 5.85. The van der Waals surface area contributed by atoms with Gasteiger partial charge in [-0.3, -0.25) is 9.59 Å². The second-order valence-corrected chi connectivity index (χ2v) is 6.72.